The van der Waals surface area contributed by atoms with Crippen molar-refractivity contribution in [3.05, 3.63) is 64.7 Å². The molecule has 0 saturated carbocycles. The van der Waals surface area contributed by atoms with Crippen molar-refractivity contribution in [2.24, 2.45) is 0 Å². The molecule has 0 aromatic heterocycles. The lowest BCUT2D eigenvalue weighted by atomic mass is 10.1. The van der Waals surface area contributed by atoms with E-state index >= 15 is 0 Å². The molecule has 2 rings (SSSR count). The molecule has 0 unspecified atom stereocenters. The van der Waals surface area contributed by atoms with E-state index in [4.69, 9.17) is 4.74 Å². The molecule has 1 N–H and O–H groups in total. The minimum Gasteiger partial charge on any atom is -0.483 e. The average Bonchev–Trinajstić information content (AvgIpc) is 2.73. The normalized spacial score (nSPS) is 12.7. The molecule has 0 bridgehead atoms. The number of carbonyl (C=O) groups excluding carboxylic acids is 2. The van der Waals surface area contributed by atoms with E-state index in [1.54, 1.807) is 11.8 Å². The Labute approximate surface area is 180 Å². The first kappa shape index (κ1) is 23.5. The zero-order valence-corrected chi connectivity index (χ0v) is 19.0. The first-order valence-corrected chi connectivity index (χ1v) is 10.6. The van der Waals surface area contributed by atoms with Crippen molar-refractivity contribution in [2.45, 2.75) is 66.6 Å². The van der Waals surface area contributed by atoms with Gasteiger partial charge in [0.2, 0.25) is 5.91 Å². The van der Waals surface area contributed by atoms with E-state index in [-0.39, 0.29) is 24.5 Å². The molecule has 0 fully saturated rings. The highest BCUT2D eigenvalue weighted by Gasteiger charge is 2.27. The van der Waals surface area contributed by atoms with Gasteiger partial charge in [0.1, 0.15) is 11.8 Å². The van der Waals surface area contributed by atoms with Crippen LogP contribution < -0.4 is 10.1 Å². The average molecular weight is 411 g/mol. The van der Waals surface area contributed by atoms with Crippen LogP contribution >= 0.6 is 0 Å². The summed E-state index contributed by atoms with van der Waals surface area (Å²) < 4.78 is 5.83. The van der Waals surface area contributed by atoms with Crippen molar-refractivity contribution < 1.29 is 14.3 Å². The Morgan fingerprint density at radius 3 is 2.27 bits per heavy atom. The van der Waals surface area contributed by atoms with E-state index in [1.807, 2.05) is 77.1 Å². The Bertz CT molecular complexity index is 861. The topological polar surface area (TPSA) is 58.6 Å². The van der Waals surface area contributed by atoms with Crippen LogP contribution in [0.25, 0.3) is 0 Å². The summed E-state index contributed by atoms with van der Waals surface area (Å²) >= 11 is 0. The highest BCUT2D eigenvalue weighted by atomic mass is 16.5. The molecule has 0 heterocycles. The summed E-state index contributed by atoms with van der Waals surface area (Å²) in [4.78, 5) is 27.4. The minimum atomic E-state index is -0.602. The zero-order chi connectivity index (χ0) is 22.3. The molecule has 162 valence electrons. The largest absolute Gasteiger partial charge is 0.483 e. The fourth-order valence-corrected chi connectivity index (χ4v) is 3.02. The smallest absolute Gasteiger partial charge is 0.261 e. The number of nitrogens with zero attached hydrogens (tertiary/aromatic N) is 1. The van der Waals surface area contributed by atoms with Crippen LogP contribution in [-0.4, -0.2) is 35.4 Å². The van der Waals surface area contributed by atoms with Gasteiger partial charge in [-0.05, 0) is 63.8 Å². The van der Waals surface area contributed by atoms with E-state index in [1.165, 1.54) is 0 Å². The van der Waals surface area contributed by atoms with E-state index in [9.17, 15) is 9.59 Å². The van der Waals surface area contributed by atoms with E-state index < -0.39 is 6.04 Å². The van der Waals surface area contributed by atoms with Crippen LogP contribution in [0.3, 0.4) is 0 Å². The van der Waals surface area contributed by atoms with Crippen LogP contribution in [0.1, 0.15) is 49.4 Å². The lowest BCUT2D eigenvalue weighted by molar-refractivity contribution is -0.142. The lowest BCUT2D eigenvalue weighted by Crippen LogP contribution is -2.50. The molecule has 0 spiro atoms. The lowest BCUT2D eigenvalue weighted by Gasteiger charge is -2.29. The second kappa shape index (κ2) is 10.8. The molecule has 0 aliphatic heterocycles. The molecule has 0 radical (unpaired) electrons. The van der Waals surface area contributed by atoms with Crippen LogP contribution in [0.2, 0.25) is 0 Å². The number of ether oxygens (including phenoxy) is 1. The van der Waals surface area contributed by atoms with Crippen molar-refractivity contribution in [2.75, 3.05) is 6.61 Å². The third-order valence-corrected chi connectivity index (χ3v) is 5.34. The van der Waals surface area contributed by atoms with Gasteiger partial charge < -0.3 is 15.0 Å². The Balaban J connectivity index is 2.17. The van der Waals surface area contributed by atoms with Crippen LogP contribution in [0.4, 0.5) is 0 Å². The minimum absolute atomic E-state index is 0.0578. The summed E-state index contributed by atoms with van der Waals surface area (Å²) in [7, 11) is 0. The second-order valence-corrected chi connectivity index (χ2v) is 8.06. The van der Waals surface area contributed by atoms with Crippen LogP contribution in [0.15, 0.2) is 42.5 Å². The van der Waals surface area contributed by atoms with Gasteiger partial charge in [0.05, 0.1) is 0 Å². The van der Waals surface area contributed by atoms with Gasteiger partial charge in [0.15, 0.2) is 6.61 Å². The Kier molecular flexibility index (Phi) is 8.46. The van der Waals surface area contributed by atoms with E-state index in [2.05, 4.69) is 5.32 Å². The molecule has 5 nitrogen and oxygen atoms in total. The maximum Gasteiger partial charge on any atom is 0.261 e. The standard InChI is InChI=1S/C25H34N2O3/c1-7-20(5)26-25(29)21(6)27(15-22-12-9-17(2)10-13-22)24(28)16-30-23-14-18(3)8-11-19(23)4/h8-14,20-21H,7,15-16H2,1-6H3,(H,26,29)/t20-,21+/m0/s1. The van der Waals surface area contributed by atoms with Gasteiger partial charge in [-0.3, -0.25) is 9.59 Å². The SMILES string of the molecule is CC[C@H](C)NC(=O)[C@@H](C)N(Cc1ccc(C)cc1)C(=O)COc1cc(C)ccc1C. The number of hydrogen-bond acceptors (Lipinski definition) is 3. The number of carbonyl (C=O) groups is 2. The third-order valence-electron chi connectivity index (χ3n) is 5.34. The molecular weight excluding hydrogens is 376 g/mol. The van der Waals surface area contributed by atoms with Gasteiger partial charge in [0, 0.05) is 12.6 Å². The van der Waals surface area contributed by atoms with Gasteiger partial charge in [-0.1, -0.05) is 48.9 Å². The van der Waals surface area contributed by atoms with E-state index in [0.29, 0.717) is 12.3 Å². The zero-order valence-electron chi connectivity index (χ0n) is 19.0. The monoisotopic (exact) mass is 410 g/mol. The molecule has 2 aromatic carbocycles. The highest BCUT2D eigenvalue weighted by molar-refractivity contribution is 5.88. The number of rotatable bonds is 9. The molecule has 30 heavy (non-hydrogen) atoms. The number of amides is 2. The van der Waals surface area contributed by atoms with E-state index in [0.717, 1.165) is 28.7 Å². The summed E-state index contributed by atoms with van der Waals surface area (Å²) in [6.07, 6.45) is 0.833. The number of hydrogen-bond donors (Lipinski definition) is 1. The Hall–Kier alpha value is -2.82. The first-order valence-electron chi connectivity index (χ1n) is 10.6. The summed E-state index contributed by atoms with van der Waals surface area (Å²) in [6.45, 7) is 11.9. The van der Waals surface area contributed by atoms with Crippen molar-refractivity contribution >= 4 is 11.8 Å². The summed E-state index contributed by atoms with van der Waals surface area (Å²) in [5.74, 6) is 0.315. The third kappa shape index (κ3) is 6.61. The predicted octanol–water partition coefficient (Wildman–Crippen LogP) is 4.32. The molecule has 0 aliphatic carbocycles. The van der Waals surface area contributed by atoms with Crippen molar-refractivity contribution in [1.82, 2.24) is 10.2 Å². The maximum atomic E-state index is 13.1. The molecule has 2 atom stereocenters. The van der Waals surface area contributed by atoms with Gasteiger partial charge in [-0.2, -0.15) is 0 Å². The van der Waals surface area contributed by atoms with Crippen LogP contribution in [0, 0.1) is 20.8 Å². The quantitative estimate of drug-likeness (QED) is 0.670. The fourth-order valence-electron chi connectivity index (χ4n) is 3.02. The maximum absolute atomic E-state index is 13.1. The molecule has 2 amide bonds. The van der Waals surface area contributed by atoms with Crippen molar-refractivity contribution in [3.63, 3.8) is 0 Å². The number of benzene rings is 2. The highest BCUT2D eigenvalue weighted by Crippen LogP contribution is 2.19. The second-order valence-electron chi connectivity index (χ2n) is 8.06. The summed E-state index contributed by atoms with van der Waals surface area (Å²) in [5.41, 5.74) is 4.17. The van der Waals surface area contributed by atoms with Gasteiger partial charge >= 0.3 is 0 Å². The first-order chi connectivity index (χ1) is 14.2. The van der Waals surface area contributed by atoms with Crippen molar-refractivity contribution in [1.29, 1.82) is 0 Å². The van der Waals surface area contributed by atoms with Gasteiger partial charge in [0.25, 0.3) is 5.91 Å². The Morgan fingerprint density at radius 2 is 1.63 bits per heavy atom. The van der Waals surface area contributed by atoms with Crippen molar-refractivity contribution in [3.8, 4) is 5.75 Å². The number of aryl methyl sites for hydroxylation is 3. The molecule has 2 aromatic rings. The van der Waals surface area contributed by atoms with Gasteiger partial charge in [-0.15, -0.1) is 0 Å². The Morgan fingerprint density at radius 1 is 1.00 bits per heavy atom. The molecule has 0 aliphatic rings. The molecule has 0 saturated heterocycles. The molecular formula is C25H34N2O3. The van der Waals surface area contributed by atoms with Crippen LogP contribution in [-0.2, 0) is 16.1 Å². The number of nitrogens with one attached hydrogen (secondary N) is 1. The van der Waals surface area contributed by atoms with Gasteiger partial charge in [-0.25, -0.2) is 0 Å². The summed E-state index contributed by atoms with van der Waals surface area (Å²) in [5, 5.41) is 2.98. The fraction of sp³-hybridized carbons (Fsp3) is 0.440. The van der Waals surface area contributed by atoms with Crippen LogP contribution in [0.5, 0.6) is 5.75 Å². The molecule has 5 heteroatoms. The summed E-state index contributed by atoms with van der Waals surface area (Å²) in [6, 6.07) is 13.4. The predicted molar refractivity (Wildman–Crippen MR) is 120 cm³/mol.